The molecule has 2 aromatic rings. The second-order valence-electron chi connectivity index (χ2n) is 4.90. The zero-order valence-electron chi connectivity index (χ0n) is 12.0. The molecule has 2 nitrogen and oxygen atoms in total. The molecule has 0 saturated carbocycles. The Hall–Kier alpha value is -1.32. The van der Waals surface area contributed by atoms with Crippen molar-refractivity contribution in [3.63, 3.8) is 0 Å². The van der Waals surface area contributed by atoms with Crippen molar-refractivity contribution in [3.8, 4) is 0 Å². The lowest BCUT2D eigenvalue weighted by atomic mass is 10.0. The fraction of sp³-hybridized carbons (Fsp3) is 0.294. The molecule has 0 aromatic heterocycles. The lowest BCUT2D eigenvalue weighted by Gasteiger charge is -2.30. The highest BCUT2D eigenvalue weighted by Crippen LogP contribution is 2.29. The molecule has 1 atom stereocenters. The van der Waals surface area contributed by atoms with Crippen molar-refractivity contribution in [2.75, 3.05) is 18.5 Å². The van der Waals surface area contributed by atoms with E-state index in [0.717, 1.165) is 10.9 Å². The maximum atomic E-state index is 6.01. The van der Waals surface area contributed by atoms with Gasteiger partial charge in [0.25, 0.3) is 0 Å². The van der Waals surface area contributed by atoms with Gasteiger partial charge in [-0.1, -0.05) is 53.2 Å². The van der Waals surface area contributed by atoms with Crippen molar-refractivity contribution >= 4 is 21.6 Å². The van der Waals surface area contributed by atoms with Gasteiger partial charge in [0.1, 0.15) is 0 Å². The zero-order chi connectivity index (χ0) is 14.5. The van der Waals surface area contributed by atoms with E-state index >= 15 is 0 Å². The molecule has 0 aliphatic rings. The first-order valence-corrected chi connectivity index (χ1v) is 7.73. The summed E-state index contributed by atoms with van der Waals surface area (Å²) in [6.07, 6.45) is 1.06. The summed E-state index contributed by atoms with van der Waals surface area (Å²) < 4.78 is 1.10. The number of halogens is 1. The van der Waals surface area contributed by atoms with Crippen LogP contribution in [0.1, 0.15) is 24.1 Å². The number of hydrogen-bond acceptors (Lipinski definition) is 2. The summed E-state index contributed by atoms with van der Waals surface area (Å²) in [6, 6.07) is 17.1. The molecule has 0 amide bonds. The molecule has 1 unspecified atom stereocenters. The topological polar surface area (TPSA) is 29.3 Å². The van der Waals surface area contributed by atoms with Crippen LogP contribution in [-0.4, -0.2) is 13.6 Å². The van der Waals surface area contributed by atoms with Crippen molar-refractivity contribution in [1.29, 1.82) is 0 Å². The Morgan fingerprint density at radius 1 is 1.10 bits per heavy atom. The number of rotatable bonds is 5. The first-order valence-electron chi connectivity index (χ1n) is 6.93. The lowest BCUT2D eigenvalue weighted by molar-refractivity contribution is 0.678. The highest BCUT2D eigenvalue weighted by Gasteiger charge is 2.18. The molecule has 106 valence electrons. The number of anilines is 1. The molecule has 0 aliphatic heterocycles. The Labute approximate surface area is 129 Å². The van der Waals surface area contributed by atoms with Crippen LogP contribution in [0.5, 0.6) is 0 Å². The van der Waals surface area contributed by atoms with Crippen LogP contribution in [0.15, 0.2) is 53.0 Å². The van der Waals surface area contributed by atoms with Crippen LogP contribution in [0.4, 0.5) is 5.69 Å². The van der Waals surface area contributed by atoms with Gasteiger partial charge in [-0.25, -0.2) is 0 Å². The van der Waals surface area contributed by atoms with E-state index in [9.17, 15) is 0 Å². The lowest BCUT2D eigenvalue weighted by Crippen LogP contribution is -2.30. The monoisotopic (exact) mass is 332 g/mol. The standard InChI is InChI=1S/C17H21BrN2/c1-3-13-8-10-14(11-9-13)20(2)17(12-19)15-6-4-5-7-16(15)18/h4-11,17H,3,12,19H2,1-2H3. The van der Waals surface area contributed by atoms with Crippen LogP contribution < -0.4 is 10.6 Å². The van der Waals surface area contributed by atoms with Crippen LogP contribution in [0.2, 0.25) is 0 Å². The minimum absolute atomic E-state index is 0.165. The molecule has 0 radical (unpaired) electrons. The van der Waals surface area contributed by atoms with Gasteiger partial charge in [-0.05, 0) is 35.7 Å². The van der Waals surface area contributed by atoms with Crippen LogP contribution in [0.25, 0.3) is 0 Å². The van der Waals surface area contributed by atoms with Crippen molar-refractivity contribution in [2.45, 2.75) is 19.4 Å². The van der Waals surface area contributed by atoms with Gasteiger partial charge in [-0.2, -0.15) is 0 Å². The summed E-state index contributed by atoms with van der Waals surface area (Å²) in [6.45, 7) is 2.75. The number of hydrogen-bond donors (Lipinski definition) is 1. The molecule has 2 aromatic carbocycles. The molecular formula is C17H21BrN2. The number of aryl methyl sites for hydroxylation is 1. The van der Waals surface area contributed by atoms with E-state index in [0.29, 0.717) is 6.54 Å². The predicted molar refractivity (Wildman–Crippen MR) is 90.2 cm³/mol. The predicted octanol–water partition coefficient (Wildman–Crippen LogP) is 4.15. The molecule has 3 heteroatoms. The van der Waals surface area contributed by atoms with Crippen LogP contribution in [-0.2, 0) is 6.42 Å². The highest BCUT2D eigenvalue weighted by atomic mass is 79.9. The number of nitrogens with zero attached hydrogens (tertiary/aromatic N) is 1. The van der Waals surface area contributed by atoms with Crippen molar-refractivity contribution in [2.24, 2.45) is 5.73 Å². The molecule has 0 saturated heterocycles. The fourth-order valence-electron chi connectivity index (χ4n) is 2.39. The summed E-state index contributed by atoms with van der Waals surface area (Å²) in [5.74, 6) is 0. The maximum Gasteiger partial charge on any atom is 0.0672 e. The van der Waals surface area contributed by atoms with E-state index < -0.39 is 0 Å². The normalized spacial score (nSPS) is 12.2. The molecule has 0 heterocycles. The zero-order valence-corrected chi connectivity index (χ0v) is 13.6. The summed E-state index contributed by atoms with van der Waals surface area (Å²) in [5.41, 5.74) is 9.77. The fourth-order valence-corrected chi connectivity index (χ4v) is 2.93. The van der Waals surface area contributed by atoms with Crippen LogP contribution >= 0.6 is 15.9 Å². The second kappa shape index (κ2) is 6.91. The summed E-state index contributed by atoms with van der Waals surface area (Å²) >= 11 is 3.62. The van der Waals surface area contributed by atoms with E-state index in [1.165, 1.54) is 16.8 Å². The van der Waals surface area contributed by atoms with Gasteiger partial charge >= 0.3 is 0 Å². The largest absolute Gasteiger partial charge is 0.366 e. The van der Waals surface area contributed by atoms with Crippen LogP contribution in [0.3, 0.4) is 0 Å². The molecule has 0 aliphatic carbocycles. The minimum Gasteiger partial charge on any atom is -0.366 e. The van der Waals surface area contributed by atoms with Gasteiger partial charge in [0.15, 0.2) is 0 Å². The summed E-state index contributed by atoms with van der Waals surface area (Å²) in [7, 11) is 2.10. The number of benzene rings is 2. The number of likely N-dealkylation sites (N-methyl/N-ethyl adjacent to an activating group) is 1. The Kier molecular flexibility index (Phi) is 5.21. The smallest absolute Gasteiger partial charge is 0.0672 e. The van der Waals surface area contributed by atoms with Gasteiger partial charge in [-0.15, -0.1) is 0 Å². The van der Waals surface area contributed by atoms with Crippen LogP contribution in [0, 0.1) is 0 Å². The van der Waals surface area contributed by atoms with Crippen molar-refractivity contribution in [1.82, 2.24) is 0 Å². The van der Waals surface area contributed by atoms with E-state index in [-0.39, 0.29) is 6.04 Å². The minimum atomic E-state index is 0.165. The van der Waals surface area contributed by atoms with E-state index in [1.54, 1.807) is 0 Å². The first-order chi connectivity index (χ1) is 9.67. The van der Waals surface area contributed by atoms with E-state index in [2.05, 4.69) is 77.3 Å². The molecule has 0 bridgehead atoms. The third-order valence-corrected chi connectivity index (χ3v) is 4.43. The third kappa shape index (κ3) is 3.22. The SMILES string of the molecule is CCc1ccc(N(C)C(CN)c2ccccc2Br)cc1. The Morgan fingerprint density at radius 2 is 1.75 bits per heavy atom. The summed E-state index contributed by atoms with van der Waals surface area (Å²) in [5, 5.41) is 0. The first kappa shape index (κ1) is 15.1. The molecule has 2 N–H and O–H groups in total. The van der Waals surface area contributed by atoms with Gasteiger partial charge in [0, 0.05) is 23.8 Å². The summed E-state index contributed by atoms with van der Waals surface area (Å²) in [4.78, 5) is 2.24. The van der Waals surface area contributed by atoms with E-state index in [1.807, 2.05) is 6.07 Å². The third-order valence-electron chi connectivity index (χ3n) is 3.71. The van der Waals surface area contributed by atoms with Gasteiger partial charge in [0.2, 0.25) is 0 Å². The van der Waals surface area contributed by atoms with Crippen molar-refractivity contribution < 1.29 is 0 Å². The average molecular weight is 333 g/mol. The second-order valence-corrected chi connectivity index (χ2v) is 5.76. The highest BCUT2D eigenvalue weighted by molar-refractivity contribution is 9.10. The molecule has 20 heavy (non-hydrogen) atoms. The number of nitrogens with two attached hydrogens (primary N) is 1. The average Bonchev–Trinajstić information content (AvgIpc) is 2.50. The quantitative estimate of drug-likeness (QED) is 0.891. The van der Waals surface area contributed by atoms with Gasteiger partial charge < -0.3 is 10.6 Å². The van der Waals surface area contributed by atoms with E-state index in [4.69, 9.17) is 5.73 Å². The Balaban J connectivity index is 2.28. The molecule has 0 fully saturated rings. The van der Waals surface area contributed by atoms with Gasteiger partial charge in [-0.3, -0.25) is 0 Å². The maximum absolute atomic E-state index is 6.01. The Morgan fingerprint density at radius 3 is 2.30 bits per heavy atom. The Bertz CT molecular complexity index is 551. The molecule has 0 spiro atoms. The molecule has 2 rings (SSSR count). The molecular weight excluding hydrogens is 312 g/mol. The van der Waals surface area contributed by atoms with Crippen molar-refractivity contribution in [3.05, 3.63) is 64.1 Å². The van der Waals surface area contributed by atoms with Gasteiger partial charge in [0.05, 0.1) is 6.04 Å².